The quantitative estimate of drug-likeness (QED) is 0.504. The minimum absolute atomic E-state index is 0.0386. The predicted octanol–water partition coefficient (Wildman–Crippen LogP) is 7.04. The molecule has 0 amide bonds. The standard InChI is InChI=1S/C28H48O2/c1-6-18(2)26(30)12-7-19(3)23-10-11-24-22-9-8-20-17-21(29)13-15-27(20,4)25(22)14-16-28(23,24)5/h18-25,29H,6-17H2,1-5H3/t18?,19-,20-,21-,22+,23?,24?,25?,27+,28-/m1/s1. The highest BCUT2D eigenvalue weighted by Crippen LogP contribution is 2.68. The van der Waals surface area contributed by atoms with Crippen molar-refractivity contribution < 1.29 is 9.90 Å². The van der Waals surface area contributed by atoms with E-state index in [0.29, 0.717) is 22.5 Å². The zero-order valence-electron chi connectivity index (χ0n) is 20.5. The molecule has 0 heterocycles. The normalized spacial score (nSPS) is 47.7. The molecule has 2 heteroatoms. The summed E-state index contributed by atoms with van der Waals surface area (Å²) in [6.07, 6.45) is 14.6. The number of carbonyl (C=O) groups is 1. The molecule has 4 rings (SSSR count). The average molecular weight is 417 g/mol. The summed E-state index contributed by atoms with van der Waals surface area (Å²) in [7, 11) is 0. The third-order valence-electron chi connectivity index (χ3n) is 11.4. The van der Waals surface area contributed by atoms with E-state index in [9.17, 15) is 9.90 Å². The first-order chi connectivity index (χ1) is 14.2. The third-order valence-corrected chi connectivity index (χ3v) is 11.4. The fraction of sp³-hybridized carbons (Fsp3) is 0.964. The monoisotopic (exact) mass is 416 g/mol. The Morgan fingerprint density at radius 3 is 2.40 bits per heavy atom. The van der Waals surface area contributed by atoms with Gasteiger partial charge in [-0.1, -0.05) is 34.6 Å². The Hall–Kier alpha value is -0.370. The fourth-order valence-corrected chi connectivity index (χ4v) is 9.26. The Labute approximate surface area is 186 Å². The van der Waals surface area contributed by atoms with Crippen molar-refractivity contribution in [3.8, 4) is 0 Å². The summed E-state index contributed by atoms with van der Waals surface area (Å²) >= 11 is 0. The van der Waals surface area contributed by atoms with Gasteiger partial charge in [-0.05, 0) is 117 Å². The van der Waals surface area contributed by atoms with Crippen LogP contribution in [-0.2, 0) is 4.79 Å². The molecule has 4 aliphatic carbocycles. The highest BCUT2D eigenvalue weighted by Gasteiger charge is 2.60. The van der Waals surface area contributed by atoms with E-state index < -0.39 is 0 Å². The van der Waals surface area contributed by atoms with Crippen molar-refractivity contribution in [3.63, 3.8) is 0 Å². The van der Waals surface area contributed by atoms with Gasteiger partial charge in [-0.25, -0.2) is 0 Å². The lowest BCUT2D eigenvalue weighted by Gasteiger charge is -2.61. The summed E-state index contributed by atoms with van der Waals surface area (Å²) in [6.45, 7) is 11.9. The average Bonchev–Trinajstić information content (AvgIpc) is 3.09. The number of ketones is 1. The number of Topliss-reactive ketones (excluding diaryl/α,β-unsaturated/α-hetero) is 1. The van der Waals surface area contributed by atoms with Crippen molar-refractivity contribution in [2.45, 2.75) is 118 Å². The molecule has 0 aromatic carbocycles. The minimum atomic E-state index is -0.0386. The van der Waals surface area contributed by atoms with Crippen LogP contribution in [0.3, 0.4) is 0 Å². The summed E-state index contributed by atoms with van der Waals surface area (Å²) in [5.41, 5.74) is 0.979. The molecule has 4 fully saturated rings. The number of hydrogen-bond donors (Lipinski definition) is 1. The molecule has 4 saturated carbocycles. The molecule has 4 unspecified atom stereocenters. The molecular weight excluding hydrogens is 368 g/mol. The Kier molecular flexibility index (Phi) is 6.48. The van der Waals surface area contributed by atoms with Crippen molar-refractivity contribution in [2.24, 2.45) is 52.3 Å². The number of fused-ring (bicyclic) bond motifs is 5. The van der Waals surface area contributed by atoms with Gasteiger partial charge in [0.25, 0.3) is 0 Å². The summed E-state index contributed by atoms with van der Waals surface area (Å²) < 4.78 is 0. The summed E-state index contributed by atoms with van der Waals surface area (Å²) in [5.74, 6) is 5.69. The van der Waals surface area contributed by atoms with Gasteiger partial charge in [-0.2, -0.15) is 0 Å². The molecule has 0 bridgehead atoms. The SMILES string of the molecule is CCC(C)C(=O)CC[C@@H](C)C1CCC2[C@@H]3CC[C@@H]4C[C@H](O)CC[C@]4(C)C3CC[C@@]21C. The van der Waals surface area contributed by atoms with Gasteiger partial charge in [0.05, 0.1) is 6.10 Å². The molecule has 4 aliphatic rings. The van der Waals surface area contributed by atoms with Gasteiger partial charge in [0.15, 0.2) is 0 Å². The first-order valence-electron chi connectivity index (χ1n) is 13.4. The summed E-state index contributed by atoms with van der Waals surface area (Å²) in [6, 6.07) is 0. The fourth-order valence-electron chi connectivity index (χ4n) is 9.26. The highest BCUT2D eigenvalue weighted by atomic mass is 16.3. The van der Waals surface area contributed by atoms with Crippen LogP contribution in [-0.4, -0.2) is 17.0 Å². The maximum absolute atomic E-state index is 12.4. The minimum Gasteiger partial charge on any atom is -0.393 e. The predicted molar refractivity (Wildman–Crippen MR) is 124 cm³/mol. The van der Waals surface area contributed by atoms with Gasteiger partial charge in [-0.3, -0.25) is 4.79 Å². The lowest BCUT2D eigenvalue weighted by atomic mass is 9.44. The molecule has 172 valence electrons. The van der Waals surface area contributed by atoms with Crippen molar-refractivity contribution in [2.75, 3.05) is 0 Å². The van der Waals surface area contributed by atoms with Gasteiger partial charge in [0.2, 0.25) is 0 Å². The van der Waals surface area contributed by atoms with E-state index in [1.165, 1.54) is 44.9 Å². The lowest BCUT2D eigenvalue weighted by molar-refractivity contribution is -0.130. The first kappa shape index (κ1) is 22.8. The molecule has 10 atom stereocenters. The molecule has 0 spiro atoms. The van der Waals surface area contributed by atoms with Crippen LogP contribution in [0.4, 0.5) is 0 Å². The van der Waals surface area contributed by atoms with E-state index in [4.69, 9.17) is 0 Å². The van der Waals surface area contributed by atoms with E-state index in [1.54, 1.807) is 0 Å². The smallest absolute Gasteiger partial charge is 0.135 e. The second kappa shape index (κ2) is 8.53. The highest BCUT2D eigenvalue weighted by molar-refractivity contribution is 5.80. The first-order valence-corrected chi connectivity index (χ1v) is 13.4. The maximum Gasteiger partial charge on any atom is 0.135 e. The second-order valence-electron chi connectivity index (χ2n) is 12.6. The lowest BCUT2D eigenvalue weighted by Crippen LogP contribution is -2.54. The van der Waals surface area contributed by atoms with Crippen LogP contribution in [0.2, 0.25) is 0 Å². The number of hydrogen-bond acceptors (Lipinski definition) is 2. The number of aliphatic hydroxyl groups excluding tert-OH is 1. The molecule has 2 nitrogen and oxygen atoms in total. The molecule has 0 aromatic heterocycles. The van der Waals surface area contributed by atoms with E-state index in [-0.39, 0.29) is 12.0 Å². The van der Waals surface area contributed by atoms with E-state index in [0.717, 1.165) is 61.7 Å². The van der Waals surface area contributed by atoms with Crippen molar-refractivity contribution >= 4 is 5.78 Å². The summed E-state index contributed by atoms with van der Waals surface area (Å²) in [5, 5.41) is 10.3. The number of aliphatic hydroxyl groups is 1. The van der Waals surface area contributed by atoms with Crippen LogP contribution in [0.25, 0.3) is 0 Å². The topological polar surface area (TPSA) is 37.3 Å². The van der Waals surface area contributed by atoms with Crippen molar-refractivity contribution in [1.82, 2.24) is 0 Å². The van der Waals surface area contributed by atoms with Gasteiger partial charge < -0.3 is 5.11 Å². The third kappa shape index (κ3) is 3.71. The Morgan fingerprint density at radius 1 is 0.967 bits per heavy atom. The number of carbonyl (C=O) groups excluding carboxylic acids is 1. The van der Waals surface area contributed by atoms with Crippen LogP contribution in [0.5, 0.6) is 0 Å². The Morgan fingerprint density at radius 2 is 1.67 bits per heavy atom. The zero-order chi connectivity index (χ0) is 21.7. The van der Waals surface area contributed by atoms with E-state index >= 15 is 0 Å². The summed E-state index contributed by atoms with van der Waals surface area (Å²) in [4.78, 5) is 12.4. The van der Waals surface area contributed by atoms with Gasteiger partial charge >= 0.3 is 0 Å². The molecule has 0 aromatic rings. The maximum atomic E-state index is 12.4. The molecule has 0 aliphatic heterocycles. The largest absolute Gasteiger partial charge is 0.393 e. The van der Waals surface area contributed by atoms with Gasteiger partial charge in [0, 0.05) is 12.3 Å². The van der Waals surface area contributed by atoms with Crippen molar-refractivity contribution in [1.29, 1.82) is 0 Å². The molecule has 30 heavy (non-hydrogen) atoms. The van der Waals surface area contributed by atoms with Crippen LogP contribution in [0.1, 0.15) is 112 Å². The number of rotatable bonds is 6. The van der Waals surface area contributed by atoms with Gasteiger partial charge in [-0.15, -0.1) is 0 Å². The molecule has 0 radical (unpaired) electrons. The van der Waals surface area contributed by atoms with Gasteiger partial charge in [0.1, 0.15) is 5.78 Å². The second-order valence-corrected chi connectivity index (χ2v) is 12.6. The Bertz CT molecular complexity index is 628. The molecule has 0 saturated heterocycles. The van der Waals surface area contributed by atoms with Crippen LogP contribution in [0, 0.1) is 52.3 Å². The van der Waals surface area contributed by atoms with E-state index in [2.05, 4.69) is 34.6 Å². The van der Waals surface area contributed by atoms with Crippen molar-refractivity contribution in [3.05, 3.63) is 0 Å². The Balaban J connectivity index is 1.44. The zero-order valence-corrected chi connectivity index (χ0v) is 20.5. The molecule has 1 N–H and O–H groups in total. The molecular formula is C28H48O2. The van der Waals surface area contributed by atoms with Crippen LogP contribution >= 0.6 is 0 Å². The van der Waals surface area contributed by atoms with Crippen LogP contribution in [0.15, 0.2) is 0 Å². The van der Waals surface area contributed by atoms with Crippen LogP contribution < -0.4 is 0 Å². The van der Waals surface area contributed by atoms with E-state index in [1.807, 2.05) is 0 Å².